The van der Waals surface area contributed by atoms with Crippen LogP contribution in [0.1, 0.15) is 25.0 Å². The summed E-state index contributed by atoms with van der Waals surface area (Å²) in [5, 5.41) is 10.2. The van der Waals surface area contributed by atoms with Gasteiger partial charge in [-0.2, -0.15) is 5.26 Å². The van der Waals surface area contributed by atoms with Gasteiger partial charge in [0.05, 0.1) is 25.3 Å². The predicted octanol–water partition coefficient (Wildman–Crippen LogP) is 6.08. The molecule has 3 aromatic carbocycles. The smallest absolute Gasteiger partial charge is 0.415 e. The largest absolute Gasteiger partial charge is 0.496 e. The molecule has 0 unspecified atom stereocenters. The minimum Gasteiger partial charge on any atom is -0.496 e. The van der Waals surface area contributed by atoms with Gasteiger partial charge in [0.25, 0.3) is 0 Å². The number of benzene rings is 3. The summed E-state index contributed by atoms with van der Waals surface area (Å²) in [7, 11) is 1.67. The number of aromatic nitrogens is 1. The number of rotatable bonds is 7. The number of fused-ring (bicyclic) bond motifs is 1. The van der Waals surface area contributed by atoms with Gasteiger partial charge in [-0.3, -0.25) is 0 Å². The van der Waals surface area contributed by atoms with Gasteiger partial charge in [0, 0.05) is 41.3 Å². The molecule has 0 radical (unpaired) electrons. The zero-order chi connectivity index (χ0) is 24.1. The molecule has 6 nitrogen and oxygen atoms in total. The Balaban J connectivity index is 1.82. The van der Waals surface area contributed by atoms with Gasteiger partial charge < -0.3 is 18.9 Å². The quantitative estimate of drug-likeness (QED) is 0.340. The number of hydrogen-bond donors (Lipinski definition) is 0. The summed E-state index contributed by atoms with van der Waals surface area (Å²) in [5.41, 5.74) is 4.35. The number of carbonyl (C=O) groups excluding carboxylic acids is 1. The summed E-state index contributed by atoms with van der Waals surface area (Å²) >= 11 is 0. The molecule has 0 saturated heterocycles. The summed E-state index contributed by atoms with van der Waals surface area (Å²) in [4.78, 5) is 14.4. The molecule has 1 amide bonds. The average molecular weight is 454 g/mol. The van der Waals surface area contributed by atoms with Gasteiger partial charge in [-0.1, -0.05) is 30.3 Å². The van der Waals surface area contributed by atoms with Crippen LogP contribution in [0.3, 0.4) is 0 Å². The van der Waals surface area contributed by atoms with Gasteiger partial charge in [0.1, 0.15) is 11.5 Å². The first-order chi connectivity index (χ1) is 16.6. The Hall–Kier alpha value is -4.24. The Morgan fingerprint density at radius 3 is 2.38 bits per heavy atom. The van der Waals surface area contributed by atoms with Crippen molar-refractivity contribution in [2.75, 3.05) is 20.2 Å². The first-order valence-electron chi connectivity index (χ1n) is 11.3. The van der Waals surface area contributed by atoms with E-state index in [9.17, 15) is 10.1 Å². The number of ether oxygens (including phenoxy) is 2. The molecular weight excluding hydrogens is 426 g/mol. The third kappa shape index (κ3) is 4.46. The molecule has 4 aromatic rings. The molecule has 1 heterocycles. The van der Waals surface area contributed by atoms with Gasteiger partial charge in [0.15, 0.2) is 0 Å². The van der Waals surface area contributed by atoms with Gasteiger partial charge >= 0.3 is 6.09 Å². The highest BCUT2D eigenvalue weighted by molar-refractivity contribution is 5.99. The Morgan fingerprint density at radius 2 is 1.71 bits per heavy atom. The molecule has 0 atom stereocenters. The Kier molecular flexibility index (Phi) is 6.84. The van der Waals surface area contributed by atoms with Crippen LogP contribution < -0.4 is 9.47 Å². The van der Waals surface area contributed by atoms with Gasteiger partial charge in [-0.15, -0.1) is 0 Å². The van der Waals surface area contributed by atoms with E-state index >= 15 is 0 Å². The second-order valence-corrected chi connectivity index (χ2v) is 7.86. The zero-order valence-corrected chi connectivity index (χ0v) is 19.6. The van der Waals surface area contributed by atoms with Crippen LogP contribution in [0.15, 0.2) is 72.9 Å². The number of hydrogen-bond acceptors (Lipinski definition) is 4. The van der Waals surface area contributed by atoms with E-state index in [0.29, 0.717) is 30.9 Å². The minimum absolute atomic E-state index is 0.382. The summed E-state index contributed by atoms with van der Waals surface area (Å²) in [5.74, 6) is 1.32. The van der Waals surface area contributed by atoms with E-state index in [1.54, 1.807) is 24.1 Å². The number of amides is 1. The molecule has 0 aliphatic carbocycles. The van der Waals surface area contributed by atoms with Crippen LogP contribution in [0.5, 0.6) is 11.5 Å². The van der Waals surface area contributed by atoms with E-state index in [1.165, 1.54) is 0 Å². The zero-order valence-electron chi connectivity index (χ0n) is 19.6. The van der Waals surface area contributed by atoms with Crippen LogP contribution in [0.2, 0.25) is 0 Å². The first-order valence-corrected chi connectivity index (χ1v) is 11.3. The Bertz CT molecular complexity index is 1350. The number of methoxy groups -OCH3 is 1. The molecule has 0 saturated carbocycles. The third-order valence-corrected chi connectivity index (χ3v) is 5.97. The van der Waals surface area contributed by atoms with E-state index in [1.807, 2.05) is 74.6 Å². The molecule has 0 aliphatic heterocycles. The van der Waals surface area contributed by atoms with E-state index < -0.39 is 0 Å². The lowest BCUT2D eigenvalue weighted by molar-refractivity contribution is 0.157. The van der Waals surface area contributed by atoms with Crippen molar-refractivity contribution in [1.82, 2.24) is 9.47 Å². The van der Waals surface area contributed by atoms with Crippen molar-refractivity contribution in [2.45, 2.75) is 20.4 Å². The molecule has 6 heteroatoms. The number of nitrogens with zero attached hydrogens (tertiary/aromatic N) is 3. The van der Waals surface area contributed by atoms with Crippen molar-refractivity contribution < 1.29 is 14.3 Å². The summed E-state index contributed by atoms with van der Waals surface area (Å²) in [6.45, 7) is 5.62. The van der Waals surface area contributed by atoms with Crippen molar-refractivity contribution in [1.29, 1.82) is 5.26 Å². The maximum atomic E-state index is 12.8. The molecule has 0 aliphatic rings. The van der Waals surface area contributed by atoms with E-state index in [4.69, 9.17) is 9.47 Å². The van der Waals surface area contributed by atoms with Crippen molar-refractivity contribution in [3.8, 4) is 28.7 Å². The molecule has 1 aromatic heterocycles. The lowest BCUT2D eigenvalue weighted by Gasteiger charge is -2.20. The first kappa shape index (κ1) is 22.9. The highest BCUT2D eigenvalue weighted by atomic mass is 16.6. The lowest BCUT2D eigenvalue weighted by Crippen LogP contribution is -2.33. The fourth-order valence-corrected chi connectivity index (χ4v) is 4.14. The third-order valence-electron chi connectivity index (χ3n) is 5.97. The van der Waals surface area contributed by atoms with Crippen molar-refractivity contribution in [2.24, 2.45) is 0 Å². The molecule has 0 fully saturated rings. The van der Waals surface area contributed by atoms with Crippen molar-refractivity contribution in [3.05, 3.63) is 84.1 Å². The van der Waals surface area contributed by atoms with Crippen LogP contribution in [0.4, 0.5) is 4.79 Å². The monoisotopic (exact) mass is 453 g/mol. The summed E-state index contributed by atoms with van der Waals surface area (Å²) < 4.78 is 13.5. The molecule has 0 spiro atoms. The maximum absolute atomic E-state index is 12.8. The van der Waals surface area contributed by atoms with Gasteiger partial charge in [-0.25, -0.2) is 4.79 Å². The van der Waals surface area contributed by atoms with Crippen molar-refractivity contribution >= 4 is 17.0 Å². The van der Waals surface area contributed by atoms with E-state index in [0.717, 1.165) is 33.3 Å². The van der Waals surface area contributed by atoms with Crippen molar-refractivity contribution in [3.63, 3.8) is 0 Å². The topological polar surface area (TPSA) is 67.5 Å². The summed E-state index contributed by atoms with van der Waals surface area (Å²) in [6.07, 6.45) is 1.65. The molecule has 34 heavy (non-hydrogen) atoms. The summed E-state index contributed by atoms with van der Waals surface area (Å²) in [6, 6.07) is 23.3. The van der Waals surface area contributed by atoms with Crippen LogP contribution in [0.25, 0.3) is 22.0 Å². The predicted molar refractivity (Wildman–Crippen MR) is 133 cm³/mol. The SMILES string of the molecule is CCN(CC)C(=O)Oc1ccc2c(ccn2Cc2ccccc2OC)c1-c1ccc(C#N)cc1. The Morgan fingerprint density at radius 1 is 0.971 bits per heavy atom. The van der Waals surface area contributed by atoms with Crippen LogP contribution in [-0.2, 0) is 6.54 Å². The van der Waals surface area contributed by atoms with E-state index in [2.05, 4.69) is 10.6 Å². The molecular formula is C28H27N3O3. The van der Waals surface area contributed by atoms with Crippen LogP contribution >= 0.6 is 0 Å². The van der Waals surface area contributed by atoms with E-state index in [-0.39, 0.29) is 6.09 Å². The van der Waals surface area contributed by atoms with Gasteiger partial charge in [-0.05, 0) is 55.8 Å². The highest BCUT2D eigenvalue weighted by Crippen LogP contribution is 2.38. The highest BCUT2D eigenvalue weighted by Gasteiger charge is 2.19. The van der Waals surface area contributed by atoms with Gasteiger partial charge in [0.2, 0.25) is 0 Å². The number of carbonyl (C=O) groups is 1. The minimum atomic E-state index is -0.382. The Labute approximate surface area is 199 Å². The molecule has 4 rings (SSSR count). The fourth-order valence-electron chi connectivity index (χ4n) is 4.14. The second-order valence-electron chi connectivity index (χ2n) is 7.86. The molecule has 0 bridgehead atoms. The lowest BCUT2D eigenvalue weighted by atomic mass is 9.99. The molecule has 172 valence electrons. The van der Waals surface area contributed by atoms with Crippen LogP contribution in [0, 0.1) is 11.3 Å². The standard InChI is InChI=1S/C28H27N3O3/c1-4-30(5-2)28(32)34-26-15-14-24-23(27(26)21-12-10-20(18-29)11-13-21)16-17-31(24)19-22-8-6-7-9-25(22)33-3/h6-17H,4-5,19H2,1-3H3. The number of para-hydroxylation sites is 1. The fraction of sp³-hybridized carbons (Fsp3) is 0.214. The normalized spacial score (nSPS) is 10.6. The second kappa shape index (κ2) is 10.1. The van der Waals surface area contributed by atoms with Crippen LogP contribution in [-0.4, -0.2) is 35.8 Å². The maximum Gasteiger partial charge on any atom is 0.415 e. The average Bonchev–Trinajstić information content (AvgIpc) is 3.27. The molecule has 0 N–H and O–H groups in total. The number of nitriles is 1.